The number of nitrogens with two attached hydrogens (primary N) is 2. The molecule has 37 heavy (non-hydrogen) atoms. The zero-order chi connectivity index (χ0) is 25.0. The number of hydrogen-bond donors (Lipinski definition) is 4. The van der Waals surface area contributed by atoms with Crippen molar-refractivity contribution in [2.45, 2.75) is 69.2 Å². The number of nitrogens with one attached hydrogen (secondary N) is 2. The van der Waals surface area contributed by atoms with E-state index in [0.29, 0.717) is 11.9 Å². The van der Waals surface area contributed by atoms with Crippen LogP contribution in [-0.4, -0.2) is 32.3 Å². The fourth-order valence-electron chi connectivity index (χ4n) is 6.40. The lowest BCUT2D eigenvalue weighted by atomic mass is 9.65. The van der Waals surface area contributed by atoms with Crippen molar-refractivity contribution in [3.05, 3.63) is 70.5 Å². The molecule has 0 saturated heterocycles. The summed E-state index contributed by atoms with van der Waals surface area (Å²) < 4.78 is 1.68. The van der Waals surface area contributed by atoms with Crippen molar-refractivity contribution >= 4 is 23.3 Å². The normalized spacial score (nSPS) is 24.0. The van der Waals surface area contributed by atoms with Crippen molar-refractivity contribution in [3.63, 3.8) is 0 Å². The first-order valence-electron chi connectivity index (χ1n) is 13.6. The van der Waals surface area contributed by atoms with Crippen LogP contribution in [0.5, 0.6) is 0 Å². The van der Waals surface area contributed by atoms with E-state index in [2.05, 4.69) is 58.1 Å². The molecule has 0 spiro atoms. The van der Waals surface area contributed by atoms with Gasteiger partial charge in [-0.15, -0.1) is 5.10 Å². The van der Waals surface area contributed by atoms with E-state index in [-0.39, 0.29) is 11.5 Å². The monoisotopic (exact) mass is 494 g/mol. The molecule has 0 saturated carbocycles. The smallest absolute Gasteiger partial charge is 0.248 e. The molecule has 6 N–H and O–H groups in total. The molecule has 5 aliphatic rings. The first kappa shape index (κ1) is 22.5. The van der Waals surface area contributed by atoms with E-state index in [0.717, 1.165) is 81.5 Å². The lowest BCUT2D eigenvalue weighted by molar-refractivity contribution is 0.460. The summed E-state index contributed by atoms with van der Waals surface area (Å²) in [5.74, 6) is 1.53. The highest BCUT2D eigenvalue weighted by Gasteiger charge is 2.38. The van der Waals surface area contributed by atoms with Crippen molar-refractivity contribution in [2.24, 2.45) is 5.73 Å². The van der Waals surface area contributed by atoms with Crippen LogP contribution in [-0.2, 0) is 24.7 Å². The minimum absolute atomic E-state index is 0.00529. The fraction of sp³-hybridized carbons (Fsp3) is 0.414. The summed E-state index contributed by atoms with van der Waals surface area (Å²) in [7, 11) is 0. The van der Waals surface area contributed by atoms with Gasteiger partial charge in [0.25, 0.3) is 0 Å². The maximum atomic E-state index is 6.41. The number of benzene rings is 1. The van der Waals surface area contributed by atoms with E-state index in [9.17, 15) is 0 Å². The SMILES string of the molecule is Nc1nc(Nc2ccc3c(c2)CC[C@@H](N)CC3)nn1-c1cc(C23C=CC(=CC2)CC3)c2c(n1)CCCN2. The largest absolute Gasteiger partial charge is 0.383 e. The van der Waals surface area contributed by atoms with Crippen molar-refractivity contribution in [2.75, 3.05) is 22.9 Å². The number of aromatic nitrogens is 4. The first-order valence-corrected chi connectivity index (χ1v) is 13.6. The van der Waals surface area contributed by atoms with Gasteiger partial charge in [0.15, 0.2) is 5.82 Å². The van der Waals surface area contributed by atoms with Crippen LogP contribution in [0.2, 0.25) is 0 Å². The first-order chi connectivity index (χ1) is 18.1. The van der Waals surface area contributed by atoms with Crippen LogP contribution in [0.3, 0.4) is 0 Å². The van der Waals surface area contributed by atoms with Gasteiger partial charge in [-0.1, -0.05) is 29.9 Å². The number of anilines is 4. The van der Waals surface area contributed by atoms with Crippen molar-refractivity contribution in [1.29, 1.82) is 0 Å². The van der Waals surface area contributed by atoms with Crippen molar-refractivity contribution < 1.29 is 0 Å². The molecule has 8 heteroatoms. The third kappa shape index (κ3) is 4.00. The number of rotatable bonds is 4. The summed E-state index contributed by atoms with van der Waals surface area (Å²) >= 11 is 0. The highest BCUT2D eigenvalue weighted by atomic mass is 15.4. The van der Waals surface area contributed by atoms with Gasteiger partial charge < -0.3 is 22.1 Å². The number of nitrogen functional groups attached to an aromatic ring is 1. The van der Waals surface area contributed by atoms with Gasteiger partial charge in [0.05, 0.1) is 11.4 Å². The Hall–Kier alpha value is -3.65. The summed E-state index contributed by atoms with van der Waals surface area (Å²) in [5.41, 5.74) is 21.3. The summed E-state index contributed by atoms with van der Waals surface area (Å²) in [5, 5.41) is 11.8. The highest BCUT2D eigenvalue weighted by Crippen LogP contribution is 2.48. The quantitative estimate of drug-likeness (QED) is 0.395. The van der Waals surface area contributed by atoms with Crippen LogP contribution in [0.4, 0.5) is 23.3 Å². The van der Waals surface area contributed by atoms with Crippen molar-refractivity contribution in [3.8, 4) is 5.82 Å². The number of aryl methyl sites for hydroxylation is 3. The molecule has 1 aliphatic heterocycles. The van der Waals surface area contributed by atoms with Gasteiger partial charge in [-0.2, -0.15) is 9.67 Å². The Bertz CT molecular complexity index is 1430. The average Bonchev–Trinajstić information content (AvgIpc) is 3.20. The second kappa shape index (κ2) is 8.73. The molecule has 4 aliphatic carbocycles. The van der Waals surface area contributed by atoms with E-state index < -0.39 is 0 Å². The van der Waals surface area contributed by atoms with Gasteiger partial charge in [-0.3, -0.25) is 0 Å². The molecule has 2 atom stereocenters. The average molecular weight is 495 g/mol. The molecule has 1 unspecified atom stereocenters. The summed E-state index contributed by atoms with van der Waals surface area (Å²) in [6.07, 6.45) is 16.5. The molecule has 1 aromatic carbocycles. The van der Waals surface area contributed by atoms with Crippen LogP contribution < -0.4 is 22.1 Å². The lowest BCUT2D eigenvalue weighted by Crippen LogP contribution is -2.32. The van der Waals surface area contributed by atoms with E-state index in [1.807, 2.05) is 0 Å². The molecule has 190 valence electrons. The Morgan fingerprint density at radius 3 is 2.76 bits per heavy atom. The minimum atomic E-state index is -0.00529. The van der Waals surface area contributed by atoms with Gasteiger partial charge in [0.2, 0.25) is 11.9 Å². The Labute approximate surface area is 217 Å². The van der Waals surface area contributed by atoms with Crippen LogP contribution in [0.1, 0.15) is 60.9 Å². The predicted molar refractivity (Wildman–Crippen MR) is 147 cm³/mol. The molecule has 0 amide bonds. The number of pyridine rings is 1. The Kier molecular flexibility index (Phi) is 5.32. The fourth-order valence-corrected chi connectivity index (χ4v) is 6.40. The molecule has 3 heterocycles. The van der Waals surface area contributed by atoms with Crippen LogP contribution in [0.25, 0.3) is 5.82 Å². The van der Waals surface area contributed by atoms with Crippen LogP contribution in [0.15, 0.2) is 48.1 Å². The Balaban J connectivity index is 1.23. The van der Waals surface area contributed by atoms with Crippen LogP contribution in [0, 0.1) is 0 Å². The third-order valence-electron chi connectivity index (χ3n) is 8.59. The maximum absolute atomic E-state index is 6.41. The predicted octanol–water partition coefficient (Wildman–Crippen LogP) is 4.47. The van der Waals surface area contributed by atoms with E-state index in [1.54, 1.807) is 4.68 Å². The molecular weight excluding hydrogens is 460 g/mol. The van der Waals surface area contributed by atoms with Gasteiger partial charge >= 0.3 is 0 Å². The van der Waals surface area contributed by atoms with E-state index in [1.165, 1.54) is 28.0 Å². The molecule has 2 aromatic heterocycles. The van der Waals surface area contributed by atoms with Gasteiger partial charge in [-0.25, -0.2) is 4.98 Å². The minimum Gasteiger partial charge on any atom is -0.383 e. The number of fused-ring (bicyclic) bond motifs is 4. The second-order valence-electron chi connectivity index (χ2n) is 11.0. The topological polar surface area (TPSA) is 120 Å². The molecule has 3 aromatic rings. The zero-order valence-electron chi connectivity index (χ0n) is 21.1. The highest BCUT2D eigenvalue weighted by molar-refractivity contribution is 5.65. The molecule has 0 fully saturated rings. The number of hydrogen-bond acceptors (Lipinski definition) is 7. The molecular formula is C29H34N8. The number of nitrogens with zero attached hydrogens (tertiary/aromatic N) is 4. The van der Waals surface area contributed by atoms with Gasteiger partial charge in [0, 0.05) is 23.7 Å². The number of allylic oxidation sites excluding steroid dienone is 4. The summed E-state index contributed by atoms with van der Waals surface area (Å²) in [6.45, 7) is 0.980. The van der Waals surface area contributed by atoms with Crippen molar-refractivity contribution in [1.82, 2.24) is 19.7 Å². The third-order valence-corrected chi connectivity index (χ3v) is 8.59. The molecule has 8 rings (SSSR count). The standard InChI is InChI=1S/C29H34N8/c30-21-6-3-19-5-8-22(16-20(19)4-7-21)33-28-35-27(31)37(36-28)25-17-23(26-24(34-25)2-1-15-32-26)29-12-9-18(10-13-29)11-14-29/h5,8-10,12,16-17,21,32H,1-4,6-7,11,13-15,30H2,(H3,31,33,35,36)/t21-,29?/m0/s1. The lowest BCUT2D eigenvalue weighted by Gasteiger charge is -2.40. The maximum Gasteiger partial charge on any atom is 0.248 e. The Morgan fingerprint density at radius 1 is 1.05 bits per heavy atom. The summed E-state index contributed by atoms with van der Waals surface area (Å²) in [6, 6.07) is 8.94. The second-order valence-corrected chi connectivity index (χ2v) is 11.0. The molecule has 8 nitrogen and oxygen atoms in total. The Morgan fingerprint density at radius 2 is 1.95 bits per heavy atom. The van der Waals surface area contributed by atoms with Gasteiger partial charge in [0.1, 0.15) is 0 Å². The van der Waals surface area contributed by atoms with Crippen LogP contribution >= 0.6 is 0 Å². The summed E-state index contributed by atoms with van der Waals surface area (Å²) in [4.78, 5) is 9.56. The van der Waals surface area contributed by atoms with E-state index in [4.69, 9.17) is 21.5 Å². The molecule has 2 bridgehead atoms. The molecule has 0 radical (unpaired) electrons. The van der Waals surface area contributed by atoms with E-state index >= 15 is 0 Å². The zero-order valence-corrected chi connectivity index (χ0v) is 21.1. The van der Waals surface area contributed by atoms with Gasteiger partial charge in [-0.05, 0) is 92.7 Å².